The molecule has 0 spiro atoms. The largest absolute Gasteiger partial charge is 0.392 e. The van der Waals surface area contributed by atoms with Gasteiger partial charge in [-0.05, 0) is 37.5 Å². The molecular weight excluding hydrogens is 320 g/mol. The second-order valence-electron chi connectivity index (χ2n) is 5.40. The number of hydrogen-bond donors (Lipinski definition) is 1. The van der Waals surface area contributed by atoms with E-state index in [9.17, 15) is 5.11 Å². The Morgan fingerprint density at radius 3 is 2.85 bits per heavy atom. The maximum absolute atomic E-state index is 10.1. The van der Waals surface area contributed by atoms with Gasteiger partial charge in [0.25, 0.3) is 0 Å². The SMILES string of the molecule is Cc1ccc(-c2noc(C3CCCCC3O)n2)c(Br)c1. The highest BCUT2D eigenvalue weighted by Crippen LogP contribution is 2.34. The number of nitrogens with zero attached hydrogens (tertiary/aromatic N) is 2. The molecule has 0 bridgehead atoms. The molecule has 1 heterocycles. The molecule has 0 aliphatic heterocycles. The predicted molar refractivity (Wildman–Crippen MR) is 79.4 cm³/mol. The molecule has 0 radical (unpaired) electrons. The Labute approximate surface area is 126 Å². The monoisotopic (exact) mass is 336 g/mol. The lowest BCUT2D eigenvalue weighted by molar-refractivity contribution is 0.0908. The lowest BCUT2D eigenvalue weighted by Gasteiger charge is -2.24. The van der Waals surface area contributed by atoms with Crippen LogP contribution in [0.4, 0.5) is 0 Å². The van der Waals surface area contributed by atoms with Crippen molar-refractivity contribution in [2.45, 2.75) is 44.6 Å². The summed E-state index contributed by atoms with van der Waals surface area (Å²) in [4.78, 5) is 4.48. The van der Waals surface area contributed by atoms with Gasteiger partial charge in [-0.2, -0.15) is 4.98 Å². The molecule has 106 valence electrons. The van der Waals surface area contributed by atoms with Gasteiger partial charge in [0.15, 0.2) is 0 Å². The summed E-state index contributed by atoms with van der Waals surface area (Å²) in [5.41, 5.74) is 2.09. The van der Waals surface area contributed by atoms with Gasteiger partial charge >= 0.3 is 0 Å². The van der Waals surface area contributed by atoms with Crippen molar-refractivity contribution in [2.75, 3.05) is 0 Å². The molecule has 1 N–H and O–H groups in total. The van der Waals surface area contributed by atoms with E-state index in [0.717, 1.165) is 35.7 Å². The van der Waals surface area contributed by atoms with E-state index in [1.807, 2.05) is 25.1 Å². The smallest absolute Gasteiger partial charge is 0.232 e. The van der Waals surface area contributed by atoms with Crippen LogP contribution in [0.2, 0.25) is 0 Å². The highest BCUT2D eigenvalue weighted by atomic mass is 79.9. The van der Waals surface area contributed by atoms with Crippen LogP contribution in [-0.4, -0.2) is 21.4 Å². The van der Waals surface area contributed by atoms with Gasteiger partial charge in [0.1, 0.15) is 0 Å². The van der Waals surface area contributed by atoms with E-state index in [1.165, 1.54) is 5.56 Å². The Bertz CT molecular complexity index is 612. The predicted octanol–water partition coefficient (Wildman–Crippen LogP) is 3.83. The van der Waals surface area contributed by atoms with Crippen LogP contribution in [0.5, 0.6) is 0 Å². The van der Waals surface area contributed by atoms with Crippen molar-refractivity contribution < 1.29 is 9.63 Å². The topological polar surface area (TPSA) is 59.2 Å². The number of rotatable bonds is 2. The summed E-state index contributed by atoms with van der Waals surface area (Å²) in [6, 6.07) is 6.03. The summed E-state index contributed by atoms with van der Waals surface area (Å²) in [5, 5.41) is 14.1. The van der Waals surface area contributed by atoms with Crippen LogP contribution in [0.25, 0.3) is 11.4 Å². The highest BCUT2D eigenvalue weighted by Gasteiger charge is 2.29. The Kier molecular flexibility index (Phi) is 3.89. The van der Waals surface area contributed by atoms with Crippen molar-refractivity contribution in [2.24, 2.45) is 0 Å². The molecule has 1 aromatic carbocycles. The van der Waals surface area contributed by atoms with Crippen LogP contribution < -0.4 is 0 Å². The summed E-state index contributed by atoms with van der Waals surface area (Å²) in [6.07, 6.45) is 3.54. The number of benzene rings is 1. The number of aliphatic hydroxyl groups is 1. The molecule has 0 amide bonds. The van der Waals surface area contributed by atoms with Crippen LogP contribution in [0.15, 0.2) is 27.2 Å². The third-order valence-corrected chi connectivity index (χ3v) is 4.51. The van der Waals surface area contributed by atoms with Crippen molar-refractivity contribution in [1.29, 1.82) is 0 Å². The quantitative estimate of drug-likeness (QED) is 0.905. The molecule has 5 heteroatoms. The van der Waals surface area contributed by atoms with E-state index in [2.05, 4.69) is 26.1 Å². The fraction of sp³-hybridized carbons (Fsp3) is 0.467. The third-order valence-electron chi connectivity index (χ3n) is 3.85. The minimum Gasteiger partial charge on any atom is -0.392 e. The van der Waals surface area contributed by atoms with Gasteiger partial charge in [0, 0.05) is 10.0 Å². The van der Waals surface area contributed by atoms with Crippen molar-refractivity contribution >= 4 is 15.9 Å². The maximum atomic E-state index is 10.1. The zero-order valence-corrected chi connectivity index (χ0v) is 12.9. The van der Waals surface area contributed by atoms with Gasteiger partial charge in [0.2, 0.25) is 11.7 Å². The molecule has 20 heavy (non-hydrogen) atoms. The summed E-state index contributed by atoms with van der Waals surface area (Å²) in [5.74, 6) is 1.11. The van der Waals surface area contributed by atoms with E-state index in [1.54, 1.807) is 0 Å². The first kappa shape index (κ1) is 13.8. The fourth-order valence-corrected chi connectivity index (χ4v) is 3.37. The van der Waals surface area contributed by atoms with Crippen LogP contribution >= 0.6 is 15.9 Å². The number of aliphatic hydroxyl groups excluding tert-OH is 1. The molecule has 1 aliphatic rings. The molecular formula is C15H17BrN2O2. The third kappa shape index (κ3) is 2.65. The van der Waals surface area contributed by atoms with Crippen LogP contribution in [-0.2, 0) is 0 Å². The standard InChI is InChI=1S/C15H17BrN2O2/c1-9-6-7-10(12(16)8-9)14-17-15(20-18-14)11-4-2-3-5-13(11)19/h6-8,11,13,19H,2-5H2,1H3. The Morgan fingerprint density at radius 1 is 1.30 bits per heavy atom. The first-order chi connectivity index (χ1) is 9.65. The Hall–Kier alpha value is -1.20. The summed E-state index contributed by atoms with van der Waals surface area (Å²) < 4.78 is 6.33. The Balaban J connectivity index is 1.89. The van der Waals surface area contributed by atoms with E-state index in [4.69, 9.17) is 4.52 Å². The van der Waals surface area contributed by atoms with Crippen molar-refractivity contribution in [3.63, 3.8) is 0 Å². The zero-order chi connectivity index (χ0) is 14.1. The summed E-state index contributed by atoms with van der Waals surface area (Å²) >= 11 is 3.53. The average Bonchev–Trinajstić information content (AvgIpc) is 2.88. The summed E-state index contributed by atoms with van der Waals surface area (Å²) in [6.45, 7) is 2.04. The lowest BCUT2D eigenvalue weighted by atomic mass is 9.86. The molecule has 0 saturated heterocycles. The van der Waals surface area contributed by atoms with E-state index in [-0.39, 0.29) is 12.0 Å². The Morgan fingerprint density at radius 2 is 2.10 bits per heavy atom. The van der Waals surface area contributed by atoms with Gasteiger partial charge in [-0.25, -0.2) is 0 Å². The summed E-state index contributed by atoms with van der Waals surface area (Å²) in [7, 11) is 0. The van der Waals surface area contributed by atoms with Crippen molar-refractivity contribution in [3.8, 4) is 11.4 Å². The first-order valence-corrected chi connectivity index (χ1v) is 7.72. The second kappa shape index (κ2) is 5.66. The molecule has 1 aliphatic carbocycles. The van der Waals surface area contributed by atoms with Crippen LogP contribution in [0.1, 0.15) is 43.1 Å². The second-order valence-corrected chi connectivity index (χ2v) is 6.25. The normalized spacial score (nSPS) is 22.9. The molecule has 4 nitrogen and oxygen atoms in total. The van der Waals surface area contributed by atoms with Gasteiger partial charge in [0.05, 0.1) is 12.0 Å². The molecule has 2 unspecified atom stereocenters. The minimum atomic E-state index is -0.362. The minimum absolute atomic E-state index is 0.0192. The maximum Gasteiger partial charge on any atom is 0.232 e. The molecule has 1 aromatic heterocycles. The highest BCUT2D eigenvalue weighted by molar-refractivity contribution is 9.10. The van der Waals surface area contributed by atoms with E-state index >= 15 is 0 Å². The molecule has 3 rings (SSSR count). The first-order valence-electron chi connectivity index (χ1n) is 6.93. The van der Waals surface area contributed by atoms with Crippen molar-refractivity contribution in [1.82, 2.24) is 10.1 Å². The molecule has 2 atom stereocenters. The number of hydrogen-bond acceptors (Lipinski definition) is 4. The van der Waals surface area contributed by atoms with Gasteiger partial charge in [-0.3, -0.25) is 0 Å². The van der Waals surface area contributed by atoms with E-state index < -0.39 is 0 Å². The lowest BCUT2D eigenvalue weighted by Crippen LogP contribution is -2.22. The van der Waals surface area contributed by atoms with Gasteiger partial charge in [-0.1, -0.05) is 40.0 Å². The van der Waals surface area contributed by atoms with Crippen LogP contribution in [0.3, 0.4) is 0 Å². The molecule has 1 saturated carbocycles. The molecule has 2 aromatic rings. The number of halogens is 1. The van der Waals surface area contributed by atoms with Gasteiger partial charge in [-0.15, -0.1) is 0 Å². The van der Waals surface area contributed by atoms with Crippen LogP contribution in [0, 0.1) is 6.92 Å². The van der Waals surface area contributed by atoms with Gasteiger partial charge < -0.3 is 9.63 Å². The number of aryl methyl sites for hydroxylation is 1. The fourth-order valence-electron chi connectivity index (χ4n) is 2.70. The number of aromatic nitrogens is 2. The average molecular weight is 337 g/mol. The molecule has 1 fully saturated rings. The zero-order valence-electron chi connectivity index (χ0n) is 11.3. The van der Waals surface area contributed by atoms with E-state index in [0.29, 0.717) is 11.7 Å². The van der Waals surface area contributed by atoms with Crippen molar-refractivity contribution in [3.05, 3.63) is 34.1 Å².